The molecule has 2 N–H and O–H groups in total. The SMILES string of the molecule is O=C(NCCN1CCN(C(=O)c2cccs2)CC1)c1ccc(=O)[nH]c1. The van der Waals surface area contributed by atoms with Crippen LogP contribution in [0.3, 0.4) is 0 Å². The normalized spacial score (nSPS) is 15.1. The molecule has 2 aromatic rings. The van der Waals surface area contributed by atoms with Gasteiger partial charge in [0.15, 0.2) is 0 Å². The molecule has 1 fully saturated rings. The third kappa shape index (κ3) is 4.55. The molecule has 0 aromatic carbocycles. The van der Waals surface area contributed by atoms with Gasteiger partial charge in [-0.05, 0) is 17.5 Å². The summed E-state index contributed by atoms with van der Waals surface area (Å²) >= 11 is 1.47. The van der Waals surface area contributed by atoms with E-state index in [4.69, 9.17) is 0 Å². The fraction of sp³-hybridized carbons (Fsp3) is 0.353. The molecule has 0 radical (unpaired) electrons. The first kappa shape index (κ1) is 17.4. The molecular weight excluding hydrogens is 340 g/mol. The predicted octanol–water partition coefficient (Wildman–Crippen LogP) is 0.624. The lowest BCUT2D eigenvalue weighted by molar-refractivity contribution is 0.0643. The van der Waals surface area contributed by atoms with Gasteiger partial charge >= 0.3 is 0 Å². The smallest absolute Gasteiger partial charge is 0.264 e. The van der Waals surface area contributed by atoms with Gasteiger partial charge in [-0.15, -0.1) is 11.3 Å². The van der Waals surface area contributed by atoms with Gasteiger partial charge in [0, 0.05) is 51.5 Å². The zero-order chi connectivity index (χ0) is 17.6. The number of H-pyrrole nitrogens is 1. The summed E-state index contributed by atoms with van der Waals surface area (Å²) in [7, 11) is 0. The highest BCUT2D eigenvalue weighted by Gasteiger charge is 2.22. The molecule has 0 bridgehead atoms. The van der Waals surface area contributed by atoms with E-state index >= 15 is 0 Å². The van der Waals surface area contributed by atoms with E-state index in [0.29, 0.717) is 25.2 Å². The van der Waals surface area contributed by atoms with Gasteiger partial charge < -0.3 is 15.2 Å². The Morgan fingerprint density at radius 1 is 1.16 bits per heavy atom. The quantitative estimate of drug-likeness (QED) is 0.819. The number of nitrogens with zero attached hydrogens (tertiary/aromatic N) is 2. The number of hydrogen-bond donors (Lipinski definition) is 2. The van der Waals surface area contributed by atoms with Crippen LogP contribution in [0.15, 0.2) is 40.6 Å². The van der Waals surface area contributed by atoms with Crippen molar-refractivity contribution in [3.05, 3.63) is 56.6 Å². The van der Waals surface area contributed by atoms with Gasteiger partial charge in [0.25, 0.3) is 11.8 Å². The number of carbonyl (C=O) groups excluding carboxylic acids is 2. The molecule has 132 valence electrons. The number of piperazine rings is 1. The molecule has 25 heavy (non-hydrogen) atoms. The Labute approximate surface area is 149 Å². The first-order valence-electron chi connectivity index (χ1n) is 8.15. The van der Waals surface area contributed by atoms with Crippen molar-refractivity contribution in [2.24, 2.45) is 0 Å². The summed E-state index contributed by atoms with van der Waals surface area (Å²) in [6, 6.07) is 6.58. The van der Waals surface area contributed by atoms with Crippen LogP contribution in [-0.2, 0) is 0 Å². The number of pyridine rings is 1. The van der Waals surface area contributed by atoms with E-state index in [2.05, 4.69) is 15.2 Å². The van der Waals surface area contributed by atoms with Gasteiger partial charge in [-0.3, -0.25) is 19.3 Å². The van der Waals surface area contributed by atoms with Crippen LogP contribution in [0.5, 0.6) is 0 Å². The average Bonchev–Trinajstić information content (AvgIpc) is 3.17. The Hall–Kier alpha value is -2.45. The lowest BCUT2D eigenvalue weighted by Crippen LogP contribution is -2.50. The third-order valence-corrected chi connectivity index (χ3v) is 5.01. The van der Waals surface area contributed by atoms with Gasteiger partial charge in [0.05, 0.1) is 10.4 Å². The summed E-state index contributed by atoms with van der Waals surface area (Å²) in [6.07, 6.45) is 1.41. The number of carbonyl (C=O) groups is 2. The zero-order valence-corrected chi connectivity index (χ0v) is 14.6. The lowest BCUT2D eigenvalue weighted by atomic mass is 10.2. The molecule has 1 aliphatic heterocycles. The molecule has 2 aromatic heterocycles. The van der Waals surface area contributed by atoms with Crippen LogP contribution in [-0.4, -0.2) is 65.9 Å². The second-order valence-electron chi connectivity index (χ2n) is 5.81. The van der Waals surface area contributed by atoms with Gasteiger partial charge in [-0.2, -0.15) is 0 Å². The van der Waals surface area contributed by atoms with E-state index in [1.54, 1.807) is 0 Å². The van der Waals surface area contributed by atoms with Crippen LogP contribution >= 0.6 is 11.3 Å². The Bertz CT molecular complexity index is 759. The molecule has 8 heteroatoms. The van der Waals surface area contributed by atoms with Gasteiger partial charge in [0.1, 0.15) is 0 Å². The van der Waals surface area contributed by atoms with Crippen molar-refractivity contribution >= 4 is 23.2 Å². The molecule has 0 spiro atoms. The van der Waals surface area contributed by atoms with E-state index in [-0.39, 0.29) is 17.4 Å². The highest BCUT2D eigenvalue weighted by molar-refractivity contribution is 7.12. The monoisotopic (exact) mass is 360 g/mol. The Morgan fingerprint density at radius 3 is 2.60 bits per heavy atom. The van der Waals surface area contributed by atoms with Crippen LogP contribution in [0.4, 0.5) is 0 Å². The first-order valence-corrected chi connectivity index (χ1v) is 9.03. The molecule has 0 unspecified atom stereocenters. The number of thiophene rings is 1. The minimum absolute atomic E-state index is 0.0982. The van der Waals surface area contributed by atoms with E-state index in [9.17, 15) is 14.4 Å². The summed E-state index contributed by atoms with van der Waals surface area (Å²) in [6.45, 7) is 4.25. The van der Waals surface area contributed by atoms with Crippen molar-refractivity contribution in [2.75, 3.05) is 39.3 Å². The van der Waals surface area contributed by atoms with E-state index < -0.39 is 0 Å². The van der Waals surface area contributed by atoms with E-state index in [1.807, 2.05) is 22.4 Å². The zero-order valence-electron chi connectivity index (χ0n) is 13.7. The molecule has 0 aliphatic carbocycles. The molecule has 0 saturated carbocycles. The highest BCUT2D eigenvalue weighted by atomic mass is 32.1. The summed E-state index contributed by atoms with van der Waals surface area (Å²) in [5.41, 5.74) is 0.206. The average molecular weight is 360 g/mol. The van der Waals surface area contributed by atoms with Crippen LogP contribution < -0.4 is 10.9 Å². The van der Waals surface area contributed by atoms with Gasteiger partial charge in [-0.1, -0.05) is 6.07 Å². The fourth-order valence-electron chi connectivity index (χ4n) is 2.71. The number of hydrogen-bond acceptors (Lipinski definition) is 5. The summed E-state index contributed by atoms with van der Waals surface area (Å²) in [5, 5.41) is 4.75. The minimum atomic E-state index is -0.230. The van der Waals surface area contributed by atoms with E-state index in [0.717, 1.165) is 24.5 Å². The second kappa shape index (κ2) is 8.09. The standard InChI is InChI=1S/C17H20N4O3S/c22-15-4-3-13(12-19-15)16(23)18-5-6-20-7-9-21(10-8-20)17(24)14-2-1-11-25-14/h1-4,11-12H,5-10H2,(H,18,23)(H,19,22). The van der Waals surface area contributed by atoms with Crippen molar-refractivity contribution in [2.45, 2.75) is 0 Å². The van der Waals surface area contributed by atoms with E-state index in [1.165, 1.54) is 29.7 Å². The van der Waals surface area contributed by atoms with Crippen molar-refractivity contribution < 1.29 is 9.59 Å². The number of aromatic nitrogens is 1. The number of amides is 2. The molecule has 1 saturated heterocycles. The number of aromatic amines is 1. The summed E-state index contributed by atoms with van der Waals surface area (Å²) < 4.78 is 0. The number of rotatable bonds is 5. The maximum atomic E-state index is 12.3. The Kier molecular flexibility index (Phi) is 5.62. The largest absolute Gasteiger partial charge is 0.351 e. The van der Waals surface area contributed by atoms with Crippen LogP contribution in [0.2, 0.25) is 0 Å². The molecule has 0 atom stereocenters. The summed E-state index contributed by atoms with van der Waals surface area (Å²) in [5.74, 6) is -0.108. The highest BCUT2D eigenvalue weighted by Crippen LogP contribution is 2.13. The Morgan fingerprint density at radius 2 is 1.96 bits per heavy atom. The fourth-order valence-corrected chi connectivity index (χ4v) is 3.40. The van der Waals surface area contributed by atoms with Crippen molar-refractivity contribution in [1.82, 2.24) is 20.1 Å². The van der Waals surface area contributed by atoms with Gasteiger partial charge in [0.2, 0.25) is 5.56 Å². The molecule has 3 heterocycles. The minimum Gasteiger partial charge on any atom is -0.351 e. The van der Waals surface area contributed by atoms with Crippen LogP contribution in [0, 0.1) is 0 Å². The lowest BCUT2D eigenvalue weighted by Gasteiger charge is -2.34. The van der Waals surface area contributed by atoms with Crippen molar-refractivity contribution in [1.29, 1.82) is 0 Å². The Balaban J connectivity index is 1.39. The molecular formula is C17H20N4O3S. The summed E-state index contributed by atoms with van der Waals surface area (Å²) in [4.78, 5) is 42.6. The maximum absolute atomic E-state index is 12.3. The van der Waals surface area contributed by atoms with Crippen LogP contribution in [0.1, 0.15) is 20.0 Å². The van der Waals surface area contributed by atoms with Crippen molar-refractivity contribution in [3.8, 4) is 0 Å². The molecule has 7 nitrogen and oxygen atoms in total. The van der Waals surface area contributed by atoms with Gasteiger partial charge in [-0.25, -0.2) is 0 Å². The molecule has 2 amide bonds. The third-order valence-electron chi connectivity index (χ3n) is 4.15. The topological polar surface area (TPSA) is 85.5 Å². The van der Waals surface area contributed by atoms with Crippen molar-refractivity contribution in [3.63, 3.8) is 0 Å². The molecule has 1 aliphatic rings. The molecule has 3 rings (SSSR count). The maximum Gasteiger partial charge on any atom is 0.264 e. The predicted molar refractivity (Wildman–Crippen MR) is 96.1 cm³/mol. The van der Waals surface area contributed by atoms with Crippen LogP contribution in [0.25, 0.3) is 0 Å². The number of nitrogens with one attached hydrogen (secondary N) is 2. The second-order valence-corrected chi connectivity index (χ2v) is 6.76. The first-order chi connectivity index (χ1) is 12.1.